The van der Waals surface area contributed by atoms with E-state index in [-0.39, 0.29) is 11.9 Å². The second-order valence-electron chi connectivity index (χ2n) is 6.10. The fraction of sp³-hybridized carbons (Fsp3) is 0.769. The standard InChI is InChI=1S/C13H24NO3P/c1-13(2,3)17-12(15)14-10-8-6-7-9-11(14)18(4,5)16/h6,8,11H,7,9-10H2,1-5H3. The van der Waals surface area contributed by atoms with Gasteiger partial charge in [0.15, 0.2) is 0 Å². The van der Waals surface area contributed by atoms with Gasteiger partial charge in [0.1, 0.15) is 12.7 Å². The van der Waals surface area contributed by atoms with Crippen molar-refractivity contribution in [3.63, 3.8) is 0 Å². The molecule has 1 heterocycles. The average Bonchev–Trinajstić information content (AvgIpc) is 2.37. The Morgan fingerprint density at radius 1 is 1.33 bits per heavy atom. The van der Waals surface area contributed by atoms with Gasteiger partial charge in [-0.15, -0.1) is 0 Å². The number of hydrogen-bond donors (Lipinski definition) is 0. The van der Waals surface area contributed by atoms with E-state index >= 15 is 0 Å². The van der Waals surface area contributed by atoms with Gasteiger partial charge >= 0.3 is 6.09 Å². The second-order valence-corrected chi connectivity index (χ2v) is 9.56. The third-order valence-corrected chi connectivity index (χ3v) is 4.74. The summed E-state index contributed by atoms with van der Waals surface area (Å²) in [6, 6.07) is 0. The molecule has 0 aromatic heterocycles. The lowest BCUT2D eigenvalue weighted by molar-refractivity contribution is 0.0243. The van der Waals surface area contributed by atoms with Gasteiger partial charge in [0.25, 0.3) is 0 Å². The Kier molecular flexibility index (Phi) is 4.66. The number of carbonyl (C=O) groups is 1. The van der Waals surface area contributed by atoms with Crippen LogP contribution in [0.25, 0.3) is 0 Å². The van der Waals surface area contributed by atoms with Gasteiger partial charge < -0.3 is 9.30 Å². The van der Waals surface area contributed by atoms with Crippen molar-refractivity contribution in [2.45, 2.75) is 45.0 Å². The van der Waals surface area contributed by atoms with Gasteiger partial charge in [-0.2, -0.15) is 0 Å². The molecule has 0 spiro atoms. The van der Waals surface area contributed by atoms with Crippen molar-refractivity contribution in [3.8, 4) is 0 Å². The van der Waals surface area contributed by atoms with E-state index in [9.17, 15) is 9.36 Å². The second kappa shape index (κ2) is 5.48. The molecule has 1 aliphatic heterocycles. The fourth-order valence-electron chi connectivity index (χ4n) is 1.99. The molecule has 0 saturated carbocycles. The van der Waals surface area contributed by atoms with Gasteiger partial charge in [-0.05, 0) is 46.9 Å². The minimum absolute atomic E-state index is 0.220. The van der Waals surface area contributed by atoms with Crippen molar-refractivity contribution in [1.29, 1.82) is 0 Å². The quantitative estimate of drug-likeness (QED) is 0.542. The average molecular weight is 273 g/mol. The highest BCUT2D eigenvalue weighted by atomic mass is 31.2. The van der Waals surface area contributed by atoms with Gasteiger partial charge in [-0.3, -0.25) is 4.90 Å². The van der Waals surface area contributed by atoms with E-state index in [0.717, 1.165) is 12.8 Å². The van der Waals surface area contributed by atoms with Crippen LogP contribution in [0.15, 0.2) is 12.2 Å². The molecule has 1 amide bonds. The Morgan fingerprint density at radius 3 is 2.44 bits per heavy atom. The summed E-state index contributed by atoms with van der Waals surface area (Å²) in [5, 5.41) is 0. The van der Waals surface area contributed by atoms with E-state index in [0.29, 0.717) is 6.54 Å². The van der Waals surface area contributed by atoms with Crippen LogP contribution in [0, 0.1) is 0 Å². The first-order valence-electron chi connectivity index (χ1n) is 6.30. The zero-order valence-electron chi connectivity index (χ0n) is 12.0. The Labute approximate surface area is 110 Å². The van der Waals surface area contributed by atoms with Crippen LogP contribution in [0.5, 0.6) is 0 Å². The molecule has 0 aliphatic carbocycles. The summed E-state index contributed by atoms with van der Waals surface area (Å²) in [6.45, 7) is 9.47. The van der Waals surface area contributed by atoms with Crippen molar-refractivity contribution < 1.29 is 14.1 Å². The molecule has 5 heteroatoms. The Bertz CT molecular complexity index is 378. The third-order valence-electron chi connectivity index (χ3n) is 2.77. The summed E-state index contributed by atoms with van der Waals surface area (Å²) in [7, 11) is -2.36. The number of hydrogen-bond acceptors (Lipinski definition) is 3. The lowest BCUT2D eigenvalue weighted by atomic mass is 10.2. The Hall–Kier alpha value is -0.760. The minimum atomic E-state index is -2.36. The van der Waals surface area contributed by atoms with Crippen molar-refractivity contribution in [1.82, 2.24) is 4.90 Å². The first-order valence-corrected chi connectivity index (χ1v) is 8.97. The number of nitrogens with zero attached hydrogens (tertiary/aromatic N) is 1. The maximum absolute atomic E-state index is 12.3. The summed E-state index contributed by atoms with van der Waals surface area (Å²) < 4.78 is 17.7. The summed E-state index contributed by atoms with van der Waals surface area (Å²) in [6.07, 6.45) is 5.20. The largest absolute Gasteiger partial charge is 0.444 e. The van der Waals surface area contributed by atoms with Crippen molar-refractivity contribution >= 4 is 13.2 Å². The van der Waals surface area contributed by atoms with Gasteiger partial charge in [0, 0.05) is 6.54 Å². The molecule has 0 radical (unpaired) electrons. The SMILES string of the molecule is CC(C)(C)OC(=O)N1CC=CCCC1P(C)(C)=O. The predicted octanol–water partition coefficient (Wildman–Crippen LogP) is 3.52. The normalized spacial score (nSPS) is 21.6. The molecule has 1 rings (SSSR count). The molecule has 4 nitrogen and oxygen atoms in total. The van der Waals surface area contributed by atoms with Crippen LogP contribution in [0.1, 0.15) is 33.6 Å². The van der Waals surface area contributed by atoms with Gasteiger partial charge in [-0.1, -0.05) is 12.2 Å². The number of ether oxygens (including phenoxy) is 1. The highest BCUT2D eigenvalue weighted by Gasteiger charge is 2.34. The summed E-state index contributed by atoms with van der Waals surface area (Å²) in [5.74, 6) is -0.220. The van der Waals surface area contributed by atoms with Crippen LogP contribution in [0.3, 0.4) is 0 Å². The zero-order valence-corrected chi connectivity index (χ0v) is 12.9. The first-order chi connectivity index (χ1) is 8.11. The maximum atomic E-state index is 12.3. The molecular weight excluding hydrogens is 249 g/mol. The Balaban J connectivity index is 2.89. The molecule has 1 aliphatic rings. The number of rotatable bonds is 1. The topological polar surface area (TPSA) is 46.6 Å². The Morgan fingerprint density at radius 2 is 1.94 bits per heavy atom. The van der Waals surface area contributed by atoms with E-state index in [1.54, 1.807) is 18.2 Å². The van der Waals surface area contributed by atoms with Crippen LogP contribution >= 0.6 is 7.14 Å². The molecule has 0 saturated heterocycles. The molecule has 0 N–H and O–H groups in total. The van der Waals surface area contributed by atoms with Crippen LogP contribution in [-0.2, 0) is 9.30 Å². The van der Waals surface area contributed by atoms with Crippen LogP contribution < -0.4 is 0 Å². The molecule has 0 aromatic carbocycles. The monoisotopic (exact) mass is 273 g/mol. The molecular formula is C13H24NO3P. The van der Waals surface area contributed by atoms with Crippen LogP contribution in [0.4, 0.5) is 4.79 Å². The van der Waals surface area contributed by atoms with E-state index in [1.165, 1.54) is 0 Å². The van der Waals surface area contributed by atoms with Crippen LogP contribution in [0.2, 0.25) is 0 Å². The molecule has 1 unspecified atom stereocenters. The number of allylic oxidation sites excluding steroid dienone is 1. The third kappa shape index (κ3) is 4.49. The summed E-state index contributed by atoms with van der Waals surface area (Å²) in [4.78, 5) is 13.8. The summed E-state index contributed by atoms with van der Waals surface area (Å²) >= 11 is 0. The number of carbonyl (C=O) groups excluding carboxylic acids is 1. The van der Waals surface area contributed by atoms with Gasteiger partial charge in [0.2, 0.25) is 0 Å². The number of amides is 1. The smallest absolute Gasteiger partial charge is 0.411 e. The van der Waals surface area contributed by atoms with Gasteiger partial charge in [-0.25, -0.2) is 4.79 Å². The molecule has 1 atom stereocenters. The molecule has 104 valence electrons. The first kappa shape index (κ1) is 15.3. The van der Waals surface area contributed by atoms with E-state index < -0.39 is 12.7 Å². The maximum Gasteiger partial charge on any atom is 0.411 e. The van der Waals surface area contributed by atoms with E-state index in [2.05, 4.69) is 0 Å². The van der Waals surface area contributed by atoms with Crippen LogP contribution in [-0.4, -0.2) is 42.3 Å². The highest BCUT2D eigenvalue weighted by molar-refractivity contribution is 7.63. The molecule has 18 heavy (non-hydrogen) atoms. The minimum Gasteiger partial charge on any atom is -0.444 e. The van der Waals surface area contributed by atoms with E-state index in [1.807, 2.05) is 32.9 Å². The zero-order chi connectivity index (χ0) is 14.0. The van der Waals surface area contributed by atoms with Crippen molar-refractivity contribution in [2.75, 3.05) is 19.9 Å². The summed E-state index contributed by atoms with van der Waals surface area (Å²) in [5.41, 5.74) is -0.525. The van der Waals surface area contributed by atoms with Gasteiger partial charge in [0.05, 0.1) is 5.78 Å². The lowest BCUT2D eigenvalue weighted by Gasteiger charge is -2.34. The van der Waals surface area contributed by atoms with Crippen molar-refractivity contribution in [2.24, 2.45) is 0 Å². The molecule has 0 bridgehead atoms. The highest BCUT2D eigenvalue weighted by Crippen LogP contribution is 2.47. The predicted molar refractivity (Wildman–Crippen MR) is 74.6 cm³/mol. The molecule has 0 aromatic rings. The molecule has 0 fully saturated rings. The fourth-order valence-corrected chi connectivity index (χ4v) is 3.62. The van der Waals surface area contributed by atoms with E-state index in [4.69, 9.17) is 4.74 Å². The van der Waals surface area contributed by atoms with Crippen molar-refractivity contribution in [3.05, 3.63) is 12.2 Å². The lowest BCUT2D eigenvalue weighted by Crippen LogP contribution is -2.42.